The van der Waals surface area contributed by atoms with Crippen molar-refractivity contribution in [2.75, 3.05) is 0 Å². The molecule has 20 heavy (non-hydrogen) atoms. The van der Waals surface area contributed by atoms with Crippen LogP contribution in [0, 0.1) is 6.92 Å². The Bertz CT molecular complexity index is 718. The Morgan fingerprint density at radius 2 is 2.20 bits per heavy atom. The van der Waals surface area contributed by atoms with Crippen molar-refractivity contribution in [3.8, 4) is 0 Å². The van der Waals surface area contributed by atoms with E-state index in [1.165, 1.54) is 11.3 Å². The van der Waals surface area contributed by atoms with Crippen molar-refractivity contribution < 1.29 is 9.90 Å². The Morgan fingerprint density at radius 1 is 1.50 bits per heavy atom. The number of aliphatic carboxylic acids is 1. The van der Waals surface area contributed by atoms with Crippen LogP contribution in [0.5, 0.6) is 0 Å². The lowest BCUT2D eigenvalue weighted by Crippen LogP contribution is -2.10. The molecular formula is C14H15ClN2O2S. The summed E-state index contributed by atoms with van der Waals surface area (Å²) in [7, 11) is 1.91. The van der Waals surface area contributed by atoms with Gasteiger partial charge in [-0.25, -0.2) is 4.99 Å². The topological polar surface area (TPSA) is 54.6 Å². The van der Waals surface area contributed by atoms with Gasteiger partial charge < -0.3 is 9.67 Å². The standard InChI is InChI=1S/C14H15ClN2O2S/c1-8-10(9(2)13(18)19)4-5-11(12(8)15)16-14-17(3)6-7-20-14/h4-7,9H,1-3H3,(H,18,19). The van der Waals surface area contributed by atoms with Crippen LogP contribution in [0.25, 0.3) is 0 Å². The molecule has 1 atom stereocenters. The molecule has 106 valence electrons. The largest absolute Gasteiger partial charge is 0.481 e. The molecule has 4 nitrogen and oxygen atoms in total. The van der Waals surface area contributed by atoms with Gasteiger partial charge in [0.2, 0.25) is 0 Å². The Balaban J connectivity index is 2.53. The van der Waals surface area contributed by atoms with Crippen LogP contribution in [0.1, 0.15) is 24.0 Å². The van der Waals surface area contributed by atoms with Crippen molar-refractivity contribution in [1.29, 1.82) is 0 Å². The van der Waals surface area contributed by atoms with E-state index in [1.54, 1.807) is 19.1 Å². The first-order valence-corrected chi connectivity index (χ1v) is 7.34. The van der Waals surface area contributed by atoms with Crippen molar-refractivity contribution in [3.63, 3.8) is 0 Å². The molecule has 0 amide bonds. The molecule has 0 aliphatic rings. The Hall–Kier alpha value is -1.59. The van der Waals surface area contributed by atoms with Gasteiger partial charge in [0.15, 0.2) is 4.80 Å². The van der Waals surface area contributed by atoms with E-state index < -0.39 is 11.9 Å². The maximum absolute atomic E-state index is 11.1. The maximum atomic E-state index is 11.1. The van der Waals surface area contributed by atoms with Crippen LogP contribution in [0.2, 0.25) is 5.02 Å². The fraction of sp³-hybridized carbons (Fsp3) is 0.286. The summed E-state index contributed by atoms with van der Waals surface area (Å²) in [4.78, 5) is 16.4. The van der Waals surface area contributed by atoms with Gasteiger partial charge in [-0.3, -0.25) is 4.79 Å². The van der Waals surface area contributed by atoms with Gasteiger partial charge in [-0.1, -0.05) is 17.7 Å². The second-order valence-electron chi connectivity index (χ2n) is 4.58. The van der Waals surface area contributed by atoms with Crippen LogP contribution in [-0.2, 0) is 11.8 Å². The zero-order valence-electron chi connectivity index (χ0n) is 11.4. The van der Waals surface area contributed by atoms with Crippen molar-refractivity contribution in [3.05, 3.63) is 44.7 Å². The fourth-order valence-electron chi connectivity index (χ4n) is 1.91. The van der Waals surface area contributed by atoms with Gasteiger partial charge in [0.25, 0.3) is 0 Å². The van der Waals surface area contributed by atoms with E-state index in [4.69, 9.17) is 16.7 Å². The number of carbonyl (C=O) groups is 1. The number of carboxylic acid groups (broad SMARTS) is 1. The molecule has 0 spiro atoms. The molecule has 0 aliphatic heterocycles. The number of hydrogen-bond acceptors (Lipinski definition) is 3. The SMILES string of the molecule is Cc1c(C(C)C(=O)O)ccc(N=c2sccn2C)c1Cl. The number of thiazole rings is 1. The number of aryl methyl sites for hydroxylation is 1. The van der Waals surface area contributed by atoms with E-state index in [1.807, 2.05) is 30.1 Å². The van der Waals surface area contributed by atoms with Gasteiger partial charge in [0, 0.05) is 18.6 Å². The highest BCUT2D eigenvalue weighted by atomic mass is 35.5. The predicted molar refractivity (Wildman–Crippen MR) is 80.8 cm³/mol. The minimum Gasteiger partial charge on any atom is -0.481 e. The maximum Gasteiger partial charge on any atom is 0.310 e. The van der Waals surface area contributed by atoms with Gasteiger partial charge in [0.1, 0.15) is 0 Å². The van der Waals surface area contributed by atoms with Crippen LogP contribution >= 0.6 is 22.9 Å². The van der Waals surface area contributed by atoms with Gasteiger partial charge >= 0.3 is 5.97 Å². The molecule has 0 radical (unpaired) electrons. The smallest absolute Gasteiger partial charge is 0.310 e. The number of benzene rings is 1. The first-order valence-electron chi connectivity index (χ1n) is 6.08. The van der Waals surface area contributed by atoms with Crippen LogP contribution < -0.4 is 4.80 Å². The predicted octanol–water partition coefficient (Wildman–Crippen LogP) is 3.47. The number of nitrogens with zero attached hydrogens (tertiary/aromatic N) is 2. The summed E-state index contributed by atoms with van der Waals surface area (Å²) in [6, 6.07) is 3.55. The van der Waals surface area contributed by atoms with Gasteiger partial charge in [-0.2, -0.15) is 0 Å². The molecular weight excluding hydrogens is 296 g/mol. The second-order valence-corrected chi connectivity index (χ2v) is 5.83. The Morgan fingerprint density at radius 3 is 2.75 bits per heavy atom. The molecule has 2 rings (SSSR count). The summed E-state index contributed by atoms with van der Waals surface area (Å²) in [6.07, 6.45) is 1.92. The lowest BCUT2D eigenvalue weighted by atomic mass is 9.96. The minimum absolute atomic E-state index is 0.504. The van der Waals surface area contributed by atoms with E-state index in [0.717, 1.165) is 15.9 Å². The molecule has 0 saturated carbocycles. The van der Waals surface area contributed by atoms with Crippen LogP contribution in [0.15, 0.2) is 28.7 Å². The quantitative estimate of drug-likeness (QED) is 0.943. The Kier molecular flexibility index (Phi) is 4.30. The molecule has 0 aliphatic carbocycles. The third-order valence-corrected chi connectivity index (χ3v) is 4.55. The fourth-order valence-corrected chi connectivity index (χ4v) is 2.87. The summed E-state index contributed by atoms with van der Waals surface area (Å²) in [5, 5.41) is 11.5. The molecule has 1 heterocycles. The lowest BCUT2D eigenvalue weighted by Gasteiger charge is -2.12. The van der Waals surface area contributed by atoms with E-state index in [9.17, 15) is 4.79 Å². The molecule has 1 unspecified atom stereocenters. The molecule has 1 N–H and O–H groups in total. The summed E-state index contributed by atoms with van der Waals surface area (Å²) in [5.41, 5.74) is 2.14. The van der Waals surface area contributed by atoms with Gasteiger partial charge in [0.05, 0.1) is 16.6 Å². The van der Waals surface area contributed by atoms with Crippen molar-refractivity contribution in [2.45, 2.75) is 19.8 Å². The molecule has 6 heteroatoms. The second kappa shape index (κ2) is 5.81. The number of hydrogen-bond donors (Lipinski definition) is 1. The third-order valence-electron chi connectivity index (χ3n) is 3.22. The van der Waals surface area contributed by atoms with Gasteiger partial charge in [-0.15, -0.1) is 11.3 Å². The number of rotatable bonds is 3. The van der Waals surface area contributed by atoms with E-state index in [2.05, 4.69) is 4.99 Å². The van der Waals surface area contributed by atoms with Gasteiger partial charge in [-0.05, 0) is 31.0 Å². The highest BCUT2D eigenvalue weighted by Crippen LogP contribution is 2.33. The van der Waals surface area contributed by atoms with E-state index >= 15 is 0 Å². The summed E-state index contributed by atoms with van der Waals surface area (Å²) in [6.45, 7) is 3.47. The molecule has 1 aromatic carbocycles. The zero-order chi connectivity index (χ0) is 14.9. The molecule has 0 fully saturated rings. The summed E-state index contributed by atoms with van der Waals surface area (Å²) < 4.78 is 1.91. The number of aromatic nitrogens is 1. The highest BCUT2D eigenvalue weighted by molar-refractivity contribution is 7.07. The number of carboxylic acids is 1. The minimum atomic E-state index is -0.862. The average Bonchev–Trinajstić information content (AvgIpc) is 2.80. The molecule has 2 aromatic rings. The van der Waals surface area contributed by atoms with Crippen molar-refractivity contribution in [2.24, 2.45) is 12.0 Å². The molecule has 0 bridgehead atoms. The van der Waals surface area contributed by atoms with Crippen LogP contribution in [0.3, 0.4) is 0 Å². The van der Waals surface area contributed by atoms with E-state index in [0.29, 0.717) is 10.7 Å². The third kappa shape index (κ3) is 2.78. The normalized spacial score (nSPS) is 13.5. The highest BCUT2D eigenvalue weighted by Gasteiger charge is 2.18. The summed E-state index contributed by atoms with van der Waals surface area (Å²) >= 11 is 7.84. The number of halogens is 1. The molecule has 0 saturated heterocycles. The Labute approximate surface area is 126 Å². The van der Waals surface area contributed by atoms with Crippen molar-refractivity contribution >= 4 is 34.6 Å². The zero-order valence-corrected chi connectivity index (χ0v) is 13.0. The van der Waals surface area contributed by atoms with Crippen LogP contribution in [0.4, 0.5) is 5.69 Å². The monoisotopic (exact) mass is 310 g/mol. The van der Waals surface area contributed by atoms with E-state index in [-0.39, 0.29) is 0 Å². The average molecular weight is 311 g/mol. The first kappa shape index (κ1) is 14.8. The lowest BCUT2D eigenvalue weighted by molar-refractivity contribution is -0.138. The molecule has 1 aromatic heterocycles. The van der Waals surface area contributed by atoms with Crippen LogP contribution in [-0.4, -0.2) is 15.6 Å². The first-order chi connectivity index (χ1) is 9.41. The van der Waals surface area contributed by atoms with Crippen molar-refractivity contribution in [1.82, 2.24) is 4.57 Å². The summed E-state index contributed by atoms with van der Waals surface area (Å²) in [5.74, 6) is -1.45.